The summed E-state index contributed by atoms with van der Waals surface area (Å²) in [5.41, 5.74) is 3.46. The van der Waals surface area contributed by atoms with Gasteiger partial charge >= 0.3 is 0 Å². The Morgan fingerprint density at radius 2 is 1.85 bits per heavy atom. The quantitative estimate of drug-likeness (QED) is 0.595. The van der Waals surface area contributed by atoms with E-state index in [4.69, 9.17) is 0 Å². The van der Waals surface area contributed by atoms with Gasteiger partial charge in [-0.05, 0) is 92.8 Å². The second kappa shape index (κ2) is 10.1. The lowest BCUT2D eigenvalue weighted by atomic mass is 9.81. The van der Waals surface area contributed by atoms with Gasteiger partial charge in [-0.25, -0.2) is 13.1 Å². The van der Waals surface area contributed by atoms with Gasteiger partial charge in [0.25, 0.3) is 0 Å². The summed E-state index contributed by atoms with van der Waals surface area (Å²) in [6.45, 7) is 2.35. The standard InChI is InChI=1S/C25H31N3O4S/c1-17-4-2-6-21(14-17)27-25(30)19-10-8-18(9-11-19)16-26-33(31,32)22-12-13-23-20(15-22)5-3-7-24(29)28-23/h2,4,6,12-15,18-19,26H,3,5,7-11,16H2,1H3,(H,27,30)(H,28,29). The van der Waals surface area contributed by atoms with E-state index in [9.17, 15) is 18.0 Å². The predicted molar refractivity (Wildman–Crippen MR) is 128 cm³/mol. The molecule has 1 aliphatic heterocycles. The van der Waals surface area contributed by atoms with Crippen molar-refractivity contribution in [2.75, 3.05) is 17.2 Å². The molecule has 7 nitrogen and oxygen atoms in total. The van der Waals surface area contributed by atoms with Gasteiger partial charge in [0.15, 0.2) is 0 Å². The van der Waals surface area contributed by atoms with Crippen molar-refractivity contribution in [2.45, 2.75) is 56.8 Å². The summed E-state index contributed by atoms with van der Waals surface area (Å²) in [6.07, 6.45) is 4.95. The Morgan fingerprint density at radius 1 is 1.06 bits per heavy atom. The molecular formula is C25H31N3O4S. The van der Waals surface area contributed by atoms with E-state index in [0.717, 1.165) is 42.5 Å². The molecule has 1 heterocycles. The maximum absolute atomic E-state index is 12.9. The highest BCUT2D eigenvalue weighted by atomic mass is 32.2. The van der Waals surface area contributed by atoms with Crippen molar-refractivity contribution >= 4 is 33.2 Å². The highest BCUT2D eigenvalue weighted by Crippen LogP contribution is 2.30. The lowest BCUT2D eigenvalue weighted by Crippen LogP contribution is -2.33. The van der Waals surface area contributed by atoms with Crippen molar-refractivity contribution < 1.29 is 18.0 Å². The van der Waals surface area contributed by atoms with Crippen LogP contribution in [0.2, 0.25) is 0 Å². The molecule has 0 unspecified atom stereocenters. The topological polar surface area (TPSA) is 104 Å². The first kappa shape index (κ1) is 23.4. The molecule has 1 aliphatic carbocycles. The van der Waals surface area contributed by atoms with E-state index in [1.165, 1.54) is 0 Å². The molecule has 1 saturated carbocycles. The van der Waals surface area contributed by atoms with E-state index in [-0.39, 0.29) is 28.5 Å². The Hall–Kier alpha value is -2.71. The molecule has 2 aromatic carbocycles. The number of anilines is 2. The first-order chi connectivity index (χ1) is 15.8. The Labute approximate surface area is 195 Å². The largest absolute Gasteiger partial charge is 0.326 e. The molecule has 33 heavy (non-hydrogen) atoms. The van der Waals surface area contributed by atoms with Crippen LogP contribution in [0.15, 0.2) is 47.4 Å². The van der Waals surface area contributed by atoms with E-state index >= 15 is 0 Å². The number of hydrogen-bond acceptors (Lipinski definition) is 4. The third-order valence-electron chi connectivity index (χ3n) is 6.58. The normalized spacial score (nSPS) is 20.9. The van der Waals surface area contributed by atoms with Gasteiger partial charge in [-0.3, -0.25) is 9.59 Å². The fourth-order valence-corrected chi connectivity index (χ4v) is 5.79. The summed E-state index contributed by atoms with van der Waals surface area (Å²) in [6, 6.07) is 12.6. The first-order valence-corrected chi connectivity index (χ1v) is 13.1. The summed E-state index contributed by atoms with van der Waals surface area (Å²) in [5.74, 6) is 0.170. The van der Waals surface area contributed by atoms with E-state index < -0.39 is 10.0 Å². The van der Waals surface area contributed by atoms with Crippen LogP contribution in [0.5, 0.6) is 0 Å². The number of rotatable bonds is 6. The molecule has 4 rings (SSSR count). The van der Waals surface area contributed by atoms with Crippen LogP contribution < -0.4 is 15.4 Å². The number of carbonyl (C=O) groups is 2. The number of fused-ring (bicyclic) bond motifs is 1. The number of hydrogen-bond donors (Lipinski definition) is 3. The SMILES string of the molecule is Cc1cccc(NC(=O)C2CCC(CNS(=O)(=O)c3ccc4c(c3)CCCC(=O)N4)CC2)c1. The van der Waals surface area contributed by atoms with Gasteiger partial charge in [0.2, 0.25) is 21.8 Å². The minimum atomic E-state index is -3.64. The number of amides is 2. The van der Waals surface area contributed by atoms with Crippen LogP contribution in [0.3, 0.4) is 0 Å². The van der Waals surface area contributed by atoms with Gasteiger partial charge in [0.1, 0.15) is 0 Å². The van der Waals surface area contributed by atoms with Gasteiger partial charge < -0.3 is 10.6 Å². The lowest BCUT2D eigenvalue weighted by molar-refractivity contribution is -0.121. The summed E-state index contributed by atoms with van der Waals surface area (Å²) >= 11 is 0. The van der Waals surface area contributed by atoms with Gasteiger partial charge in [0, 0.05) is 30.3 Å². The molecule has 2 amide bonds. The van der Waals surface area contributed by atoms with Gasteiger partial charge in [-0.1, -0.05) is 12.1 Å². The zero-order chi connectivity index (χ0) is 23.4. The van der Waals surface area contributed by atoms with Crippen LogP contribution >= 0.6 is 0 Å². The summed E-state index contributed by atoms with van der Waals surface area (Å²) < 4.78 is 28.5. The summed E-state index contributed by atoms with van der Waals surface area (Å²) in [5, 5.41) is 5.83. The van der Waals surface area contributed by atoms with Crippen molar-refractivity contribution in [3.8, 4) is 0 Å². The van der Waals surface area contributed by atoms with Crippen molar-refractivity contribution in [2.24, 2.45) is 11.8 Å². The minimum Gasteiger partial charge on any atom is -0.326 e. The minimum absolute atomic E-state index is 0.0364. The molecule has 0 aromatic heterocycles. The number of sulfonamides is 1. The van der Waals surface area contributed by atoms with E-state index in [1.54, 1.807) is 18.2 Å². The molecule has 3 N–H and O–H groups in total. The van der Waals surface area contributed by atoms with Crippen molar-refractivity contribution in [1.29, 1.82) is 0 Å². The summed E-state index contributed by atoms with van der Waals surface area (Å²) in [4.78, 5) is 24.5. The maximum Gasteiger partial charge on any atom is 0.240 e. The van der Waals surface area contributed by atoms with Crippen molar-refractivity contribution in [3.05, 3.63) is 53.6 Å². The highest BCUT2D eigenvalue weighted by Gasteiger charge is 2.28. The average molecular weight is 470 g/mol. The van der Waals surface area contributed by atoms with Crippen LogP contribution in [0.4, 0.5) is 11.4 Å². The van der Waals surface area contributed by atoms with E-state index in [2.05, 4.69) is 15.4 Å². The highest BCUT2D eigenvalue weighted by molar-refractivity contribution is 7.89. The zero-order valence-electron chi connectivity index (χ0n) is 18.9. The molecule has 0 spiro atoms. The van der Waals surface area contributed by atoms with Crippen molar-refractivity contribution in [3.63, 3.8) is 0 Å². The Kier molecular flexibility index (Phi) is 7.14. The molecule has 0 bridgehead atoms. The summed E-state index contributed by atoms with van der Waals surface area (Å²) in [7, 11) is -3.64. The first-order valence-electron chi connectivity index (χ1n) is 11.6. The molecule has 176 valence electrons. The average Bonchev–Trinajstić information content (AvgIpc) is 2.98. The van der Waals surface area contributed by atoms with Crippen LogP contribution in [0, 0.1) is 18.8 Å². The van der Waals surface area contributed by atoms with Crippen LogP contribution in [-0.4, -0.2) is 26.8 Å². The van der Waals surface area contributed by atoms with Crippen molar-refractivity contribution in [1.82, 2.24) is 4.72 Å². The lowest BCUT2D eigenvalue weighted by Gasteiger charge is -2.28. The Balaban J connectivity index is 1.29. The zero-order valence-corrected chi connectivity index (χ0v) is 19.7. The molecule has 0 atom stereocenters. The number of aryl methyl sites for hydroxylation is 2. The molecular weight excluding hydrogens is 438 g/mol. The van der Waals surface area contributed by atoms with Gasteiger partial charge in [-0.2, -0.15) is 0 Å². The fourth-order valence-electron chi connectivity index (χ4n) is 4.62. The number of carbonyl (C=O) groups excluding carboxylic acids is 2. The maximum atomic E-state index is 12.9. The molecule has 2 aromatic rings. The van der Waals surface area contributed by atoms with Gasteiger partial charge in [0.05, 0.1) is 4.90 Å². The third kappa shape index (κ3) is 6.00. The molecule has 0 radical (unpaired) electrons. The Bertz CT molecular complexity index is 1140. The second-order valence-corrected chi connectivity index (χ2v) is 10.9. The third-order valence-corrected chi connectivity index (χ3v) is 8.00. The van der Waals surface area contributed by atoms with E-state index in [0.29, 0.717) is 31.5 Å². The Morgan fingerprint density at radius 3 is 2.61 bits per heavy atom. The smallest absolute Gasteiger partial charge is 0.240 e. The van der Waals surface area contributed by atoms with E-state index in [1.807, 2.05) is 31.2 Å². The number of benzene rings is 2. The van der Waals surface area contributed by atoms with Crippen LogP contribution in [-0.2, 0) is 26.0 Å². The number of nitrogens with one attached hydrogen (secondary N) is 3. The fraction of sp³-hybridized carbons (Fsp3) is 0.440. The molecule has 1 fully saturated rings. The monoisotopic (exact) mass is 469 g/mol. The molecule has 8 heteroatoms. The second-order valence-electron chi connectivity index (χ2n) is 9.15. The molecule has 0 saturated heterocycles. The predicted octanol–water partition coefficient (Wildman–Crippen LogP) is 3.99. The van der Waals surface area contributed by atoms with Crippen LogP contribution in [0.25, 0.3) is 0 Å². The molecule has 2 aliphatic rings. The van der Waals surface area contributed by atoms with Crippen LogP contribution in [0.1, 0.15) is 49.7 Å². The van der Waals surface area contributed by atoms with Gasteiger partial charge in [-0.15, -0.1) is 0 Å².